The van der Waals surface area contributed by atoms with Crippen molar-refractivity contribution in [3.8, 4) is 0 Å². The van der Waals surface area contributed by atoms with Crippen LogP contribution in [0.1, 0.15) is 25.3 Å². The highest BCUT2D eigenvalue weighted by Gasteiger charge is 2.27. The Morgan fingerprint density at radius 2 is 2.00 bits per heavy atom. The van der Waals surface area contributed by atoms with Crippen molar-refractivity contribution in [1.82, 2.24) is 10.6 Å². The Kier molecular flexibility index (Phi) is 6.55. The molecule has 2 N–H and O–H groups in total. The number of carbonyl (C=O) groups excluding carboxylic acids is 1. The smallest absolute Gasteiger partial charge is 0.224 e. The van der Waals surface area contributed by atoms with E-state index in [-0.39, 0.29) is 35.7 Å². The van der Waals surface area contributed by atoms with Gasteiger partial charge in [0.1, 0.15) is 0 Å². The number of halogens is 3. The number of nitrogens with one attached hydrogen (secondary N) is 2. The van der Waals surface area contributed by atoms with Gasteiger partial charge in [-0.2, -0.15) is 0 Å². The molecule has 0 bridgehead atoms. The number of hydrogen-bond acceptors (Lipinski definition) is 2. The Hall–Kier alpha value is -1.20. The van der Waals surface area contributed by atoms with Crippen molar-refractivity contribution in [3.05, 3.63) is 35.4 Å². The first-order valence-corrected chi connectivity index (χ1v) is 6.90. The predicted octanol–water partition coefficient (Wildman–Crippen LogP) is 2.44. The van der Waals surface area contributed by atoms with Crippen molar-refractivity contribution >= 4 is 18.3 Å². The molecule has 1 aromatic rings. The van der Waals surface area contributed by atoms with Crippen molar-refractivity contribution in [2.45, 2.75) is 26.2 Å². The number of amides is 1. The first kappa shape index (κ1) is 17.9. The minimum Gasteiger partial charge on any atom is -0.355 e. The zero-order chi connectivity index (χ0) is 14.6. The van der Waals surface area contributed by atoms with E-state index in [1.165, 1.54) is 12.1 Å². The molecular weight excluding hydrogens is 298 g/mol. The average Bonchev–Trinajstić information content (AvgIpc) is 2.43. The van der Waals surface area contributed by atoms with E-state index in [2.05, 4.69) is 17.6 Å². The molecule has 1 fully saturated rings. The molecule has 118 valence electrons. The molecule has 0 radical (unpaired) electrons. The van der Waals surface area contributed by atoms with E-state index < -0.39 is 11.6 Å². The van der Waals surface area contributed by atoms with Crippen molar-refractivity contribution in [2.24, 2.45) is 5.41 Å². The Balaban J connectivity index is 0.00000220. The topological polar surface area (TPSA) is 41.1 Å². The van der Waals surface area contributed by atoms with Gasteiger partial charge < -0.3 is 10.6 Å². The number of benzene rings is 1. The molecule has 0 aromatic heterocycles. The van der Waals surface area contributed by atoms with E-state index in [0.717, 1.165) is 32.0 Å². The van der Waals surface area contributed by atoms with Crippen LogP contribution < -0.4 is 10.6 Å². The number of hydrogen-bond donors (Lipinski definition) is 2. The van der Waals surface area contributed by atoms with Gasteiger partial charge in [-0.1, -0.05) is 19.1 Å². The Bertz CT molecular complexity index is 491. The van der Waals surface area contributed by atoms with Gasteiger partial charge in [-0.3, -0.25) is 4.79 Å². The molecule has 1 aliphatic heterocycles. The van der Waals surface area contributed by atoms with E-state index in [4.69, 9.17) is 0 Å². The highest BCUT2D eigenvalue weighted by molar-refractivity contribution is 5.85. The van der Waals surface area contributed by atoms with Gasteiger partial charge in [0.25, 0.3) is 0 Å². The maximum Gasteiger partial charge on any atom is 0.224 e. The van der Waals surface area contributed by atoms with Crippen LogP contribution in [0, 0.1) is 17.0 Å². The van der Waals surface area contributed by atoms with Gasteiger partial charge in [-0.15, -0.1) is 12.4 Å². The van der Waals surface area contributed by atoms with Gasteiger partial charge in [0, 0.05) is 12.1 Å². The molecular formula is C15H21ClF2N2O. The zero-order valence-corrected chi connectivity index (χ0v) is 12.9. The van der Waals surface area contributed by atoms with E-state index in [1.54, 1.807) is 0 Å². The van der Waals surface area contributed by atoms with Crippen LogP contribution in [0.15, 0.2) is 18.2 Å². The lowest BCUT2D eigenvalue weighted by Gasteiger charge is -2.34. The maximum atomic E-state index is 13.5. The van der Waals surface area contributed by atoms with Crippen LogP contribution in [0.25, 0.3) is 0 Å². The van der Waals surface area contributed by atoms with E-state index in [0.29, 0.717) is 6.54 Å². The summed E-state index contributed by atoms with van der Waals surface area (Å²) in [6.07, 6.45) is 1.88. The quantitative estimate of drug-likeness (QED) is 0.895. The minimum absolute atomic E-state index is 0. The van der Waals surface area contributed by atoms with Crippen molar-refractivity contribution < 1.29 is 13.6 Å². The van der Waals surface area contributed by atoms with Gasteiger partial charge in [-0.05, 0) is 37.4 Å². The fourth-order valence-electron chi connectivity index (χ4n) is 2.44. The van der Waals surface area contributed by atoms with Crippen LogP contribution >= 0.6 is 12.4 Å². The highest BCUT2D eigenvalue weighted by Crippen LogP contribution is 2.26. The third-order valence-electron chi connectivity index (χ3n) is 3.91. The number of rotatable bonds is 4. The van der Waals surface area contributed by atoms with Crippen molar-refractivity contribution in [1.29, 1.82) is 0 Å². The summed E-state index contributed by atoms with van der Waals surface area (Å²) in [5, 5.41) is 6.11. The second kappa shape index (κ2) is 7.71. The monoisotopic (exact) mass is 318 g/mol. The molecule has 2 rings (SSSR count). The maximum absolute atomic E-state index is 13.5. The third-order valence-corrected chi connectivity index (χ3v) is 3.91. The summed E-state index contributed by atoms with van der Waals surface area (Å²) in [4.78, 5) is 11.8. The molecule has 0 spiro atoms. The largest absolute Gasteiger partial charge is 0.355 e. The summed E-state index contributed by atoms with van der Waals surface area (Å²) in [6.45, 7) is 4.61. The zero-order valence-electron chi connectivity index (χ0n) is 12.0. The molecule has 1 heterocycles. The predicted molar refractivity (Wildman–Crippen MR) is 80.5 cm³/mol. The van der Waals surface area contributed by atoms with Crippen molar-refractivity contribution in [2.75, 3.05) is 19.6 Å². The van der Waals surface area contributed by atoms with Gasteiger partial charge in [0.2, 0.25) is 5.91 Å². The summed E-state index contributed by atoms with van der Waals surface area (Å²) < 4.78 is 26.5. The van der Waals surface area contributed by atoms with E-state index in [1.807, 2.05) is 0 Å². The summed E-state index contributed by atoms with van der Waals surface area (Å²) in [7, 11) is 0. The van der Waals surface area contributed by atoms with Crippen LogP contribution in [0.5, 0.6) is 0 Å². The molecule has 21 heavy (non-hydrogen) atoms. The molecule has 3 nitrogen and oxygen atoms in total. The minimum atomic E-state index is -0.935. The fraction of sp³-hybridized carbons (Fsp3) is 0.533. The summed E-state index contributed by atoms with van der Waals surface area (Å²) >= 11 is 0. The fourth-order valence-corrected chi connectivity index (χ4v) is 2.44. The van der Waals surface area contributed by atoms with Crippen LogP contribution in [0.3, 0.4) is 0 Å². The molecule has 0 saturated carbocycles. The average molecular weight is 319 g/mol. The standard InChI is InChI=1S/C15H20F2N2O.ClH/c1-15(5-7-18-8-6-15)10-19-13(20)9-11-3-2-4-12(16)14(11)17;/h2-4,18H,5-10H2,1H3,(H,19,20);1H. The molecule has 0 aliphatic carbocycles. The third kappa shape index (κ3) is 4.93. The molecule has 0 atom stereocenters. The van der Waals surface area contributed by atoms with Gasteiger partial charge in [-0.25, -0.2) is 8.78 Å². The summed E-state index contributed by atoms with van der Waals surface area (Å²) in [5.41, 5.74) is 0.180. The normalized spacial score (nSPS) is 16.9. The molecule has 1 amide bonds. The lowest BCUT2D eigenvalue weighted by molar-refractivity contribution is -0.121. The van der Waals surface area contributed by atoms with Crippen LogP contribution in [0.4, 0.5) is 8.78 Å². The Labute approximate surface area is 129 Å². The van der Waals surface area contributed by atoms with Crippen LogP contribution in [0.2, 0.25) is 0 Å². The van der Waals surface area contributed by atoms with Crippen LogP contribution in [-0.2, 0) is 11.2 Å². The number of carbonyl (C=O) groups is 1. The summed E-state index contributed by atoms with van der Waals surface area (Å²) in [6, 6.07) is 3.90. The molecule has 1 aromatic carbocycles. The second-order valence-electron chi connectivity index (χ2n) is 5.73. The van der Waals surface area contributed by atoms with Gasteiger partial charge in [0.15, 0.2) is 11.6 Å². The van der Waals surface area contributed by atoms with Crippen molar-refractivity contribution in [3.63, 3.8) is 0 Å². The first-order chi connectivity index (χ1) is 9.50. The van der Waals surface area contributed by atoms with E-state index >= 15 is 0 Å². The summed E-state index contributed by atoms with van der Waals surface area (Å²) in [5.74, 6) is -2.12. The SMILES string of the molecule is CC1(CNC(=O)Cc2cccc(F)c2F)CCNCC1.Cl. The molecule has 0 unspecified atom stereocenters. The first-order valence-electron chi connectivity index (χ1n) is 6.90. The number of piperidine rings is 1. The molecule has 1 saturated heterocycles. The lowest BCUT2D eigenvalue weighted by Crippen LogP contribution is -2.43. The second-order valence-corrected chi connectivity index (χ2v) is 5.73. The Morgan fingerprint density at radius 3 is 2.67 bits per heavy atom. The Morgan fingerprint density at radius 1 is 1.33 bits per heavy atom. The lowest BCUT2D eigenvalue weighted by atomic mass is 9.81. The highest BCUT2D eigenvalue weighted by atomic mass is 35.5. The van der Waals surface area contributed by atoms with Gasteiger partial charge >= 0.3 is 0 Å². The van der Waals surface area contributed by atoms with Crippen LogP contribution in [-0.4, -0.2) is 25.5 Å². The van der Waals surface area contributed by atoms with E-state index in [9.17, 15) is 13.6 Å². The van der Waals surface area contributed by atoms with Gasteiger partial charge in [0.05, 0.1) is 6.42 Å². The molecule has 1 aliphatic rings. The molecule has 6 heteroatoms.